The van der Waals surface area contributed by atoms with E-state index in [1.807, 2.05) is 0 Å². The molecule has 0 aliphatic carbocycles. The van der Waals surface area contributed by atoms with Gasteiger partial charge >= 0.3 is 0 Å². The third kappa shape index (κ3) is 2.90. The van der Waals surface area contributed by atoms with E-state index in [2.05, 4.69) is 159 Å². The number of fused-ring (bicyclic) bond motifs is 9. The second kappa shape index (κ2) is 8.69. The molecule has 8 heterocycles. The lowest BCUT2D eigenvalue weighted by Gasteiger charge is -2.51. The Bertz CT molecular complexity index is 2180. The maximum Gasteiger partial charge on any atom is 0.159 e. The Hall–Kier alpha value is -5.30. The molecule has 0 saturated carbocycles. The summed E-state index contributed by atoms with van der Waals surface area (Å²) in [5.74, 6) is 0. The topological polar surface area (TPSA) is 32.6 Å². The molecule has 4 aromatic carbocycles. The summed E-state index contributed by atoms with van der Waals surface area (Å²) >= 11 is 0. The molecule has 226 valence electrons. The van der Waals surface area contributed by atoms with Crippen molar-refractivity contribution in [2.24, 2.45) is 0 Å². The highest BCUT2D eigenvalue weighted by Crippen LogP contribution is 2.61. The highest BCUT2D eigenvalue weighted by molar-refractivity contribution is 6.11. The molecule has 0 saturated heterocycles. The number of furan rings is 1. The summed E-state index contributed by atoms with van der Waals surface area (Å²) in [5.41, 5.74) is 9.17. The molecule has 12 rings (SSSR count). The smallest absolute Gasteiger partial charge is 0.159 e. The van der Waals surface area contributed by atoms with Gasteiger partial charge in [0.05, 0.1) is 5.69 Å². The lowest BCUT2D eigenvalue weighted by molar-refractivity contribution is 0.146. The number of benzene rings is 4. The molecular weight excluding hydrogens is 568 g/mol. The SMILES string of the molecule is CN1C=CN2c3c(ccc4c3oc3ccccc34)C3(c4ccccc4N4C=CN5CCCN6C=CN(c7ccccc7CC54)C63)C12. The molecule has 1 aromatic heterocycles. The summed E-state index contributed by atoms with van der Waals surface area (Å²) in [5, 5.41) is 2.33. The van der Waals surface area contributed by atoms with Crippen molar-refractivity contribution >= 4 is 39.0 Å². The first-order valence-corrected chi connectivity index (χ1v) is 16.5. The lowest BCUT2D eigenvalue weighted by atomic mass is 9.68. The summed E-state index contributed by atoms with van der Waals surface area (Å²) < 4.78 is 6.81. The molecule has 0 N–H and O–H groups in total. The Morgan fingerprint density at radius 2 is 1.39 bits per heavy atom. The maximum atomic E-state index is 6.81. The van der Waals surface area contributed by atoms with Crippen LogP contribution in [0.15, 0.2) is 127 Å². The van der Waals surface area contributed by atoms with Crippen molar-refractivity contribution in [1.82, 2.24) is 14.7 Å². The Morgan fingerprint density at radius 1 is 0.630 bits per heavy atom. The fraction of sp³-hybridized carbons (Fsp3) is 0.231. The van der Waals surface area contributed by atoms with E-state index in [0.29, 0.717) is 0 Å². The second-order valence-corrected chi connectivity index (χ2v) is 13.5. The number of anilines is 3. The molecule has 0 fully saturated rings. The van der Waals surface area contributed by atoms with E-state index in [-0.39, 0.29) is 18.5 Å². The Labute approximate surface area is 268 Å². The Kier molecular flexibility index (Phi) is 4.72. The lowest BCUT2D eigenvalue weighted by Crippen LogP contribution is -2.64. The minimum absolute atomic E-state index is 0.00848. The average molecular weight is 603 g/mol. The van der Waals surface area contributed by atoms with Gasteiger partial charge in [-0.15, -0.1) is 0 Å². The third-order valence-electron chi connectivity index (χ3n) is 11.4. The number of rotatable bonds is 0. The van der Waals surface area contributed by atoms with E-state index in [0.717, 1.165) is 42.5 Å². The molecule has 5 aromatic rings. The van der Waals surface area contributed by atoms with E-state index in [9.17, 15) is 0 Å². The molecular formula is C39H34N6O. The molecule has 0 amide bonds. The molecule has 46 heavy (non-hydrogen) atoms. The first-order chi connectivity index (χ1) is 22.7. The Morgan fingerprint density at radius 3 is 2.35 bits per heavy atom. The molecule has 4 atom stereocenters. The number of hydrogen-bond donors (Lipinski definition) is 0. The van der Waals surface area contributed by atoms with Crippen molar-refractivity contribution in [2.45, 2.75) is 36.8 Å². The van der Waals surface area contributed by atoms with E-state index in [1.54, 1.807) is 0 Å². The predicted molar refractivity (Wildman–Crippen MR) is 183 cm³/mol. The second-order valence-electron chi connectivity index (χ2n) is 13.5. The molecule has 4 unspecified atom stereocenters. The van der Waals surface area contributed by atoms with Gasteiger partial charge in [-0.2, -0.15) is 0 Å². The number of hydrogen-bond acceptors (Lipinski definition) is 7. The van der Waals surface area contributed by atoms with Gasteiger partial charge in [0.2, 0.25) is 0 Å². The van der Waals surface area contributed by atoms with E-state index < -0.39 is 5.41 Å². The van der Waals surface area contributed by atoms with E-state index >= 15 is 0 Å². The van der Waals surface area contributed by atoms with Crippen molar-refractivity contribution in [1.29, 1.82) is 0 Å². The fourth-order valence-electron chi connectivity index (χ4n) is 9.66. The number of nitrogens with zero attached hydrogens (tertiary/aromatic N) is 6. The van der Waals surface area contributed by atoms with Crippen molar-refractivity contribution in [3.05, 3.63) is 139 Å². The molecule has 7 aliphatic heterocycles. The van der Waals surface area contributed by atoms with Crippen LogP contribution < -0.4 is 14.7 Å². The van der Waals surface area contributed by atoms with Crippen LogP contribution in [0.25, 0.3) is 21.9 Å². The summed E-state index contributed by atoms with van der Waals surface area (Å²) in [4.78, 5) is 15.3. The van der Waals surface area contributed by atoms with E-state index in [4.69, 9.17) is 4.42 Å². The third-order valence-corrected chi connectivity index (χ3v) is 11.4. The van der Waals surface area contributed by atoms with Crippen molar-refractivity contribution in [3.63, 3.8) is 0 Å². The largest absolute Gasteiger partial charge is 0.454 e. The van der Waals surface area contributed by atoms with Crippen molar-refractivity contribution in [3.8, 4) is 0 Å². The first kappa shape index (κ1) is 25.0. The van der Waals surface area contributed by atoms with Gasteiger partial charge in [-0.3, -0.25) is 0 Å². The van der Waals surface area contributed by atoms with Crippen LogP contribution in [-0.4, -0.2) is 53.3 Å². The zero-order chi connectivity index (χ0) is 30.1. The van der Waals surface area contributed by atoms with Crippen molar-refractivity contribution in [2.75, 3.05) is 34.8 Å². The minimum Gasteiger partial charge on any atom is -0.454 e. The van der Waals surface area contributed by atoms with Crippen molar-refractivity contribution < 1.29 is 4.42 Å². The monoisotopic (exact) mass is 602 g/mol. The van der Waals surface area contributed by atoms with Crippen LogP contribution in [0.5, 0.6) is 0 Å². The first-order valence-electron chi connectivity index (χ1n) is 16.5. The highest BCUT2D eigenvalue weighted by Gasteiger charge is 2.64. The normalized spacial score (nSPS) is 26.7. The summed E-state index contributed by atoms with van der Waals surface area (Å²) in [6, 6.07) is 31.5. The van der Waals surface area contributed by atoms with Gasteiger partial charge in [-0.1, -0.05) is 66.7 Å². The van der Waals surface area contributed by atoms with E-state index in [1.165, 1.54) is 39.1 Å². The van der Waals surface area contributed by atoms with Crippen LogP contribution in [0.4, 0.5) is 17.1 Å². The molecule has 7 aliphatic rings. The van der Waals surface area contributed by atoms with Gasteiger partial charge in [-0.05, 0) is 41.3 Å². The van der Waals surface area contributed by atoms with Gasteiger partial charge in [0.1, 0.15) is 29.5 Å². The van der Waals surface area contributed by atoms with Gasteiger partial charge in [-0.25, -0.2) is 0 Å². The van der Waals surface area contributed by atoms with Gasteiger partial charge in [0.25, 0.3) is 0 Å². The van der Waals surface area contributed by atoms with Crippen LogP contribution in [0, 0.1) is 0 Å². The van der Waals surface area contributed by atoms with Gasteiger partial charge in [0, 0.05) is 85.9 Å². The fourth-order valence-corrected chi connectivity index (χ4v) is 9.66. The molecule has 1 spiro atoms. The molecule has 7 heteroatoms. The quantitative estimate of drug-likeness (QED) is 0.190. The van der Waals surface area contributed by atoms with Gasteiger partial charge < -0.3 is 33.8 Å². The van der Waals surface area contributed by atoms with Gasteiger partial charge in [0.15, 0.2) is 5.58 Å². The minimum atomic E-state index is -0.499. The zero-order valence-electron chi connectivity index (χ0n) is 25.7. The maximum absolute atomic E-state index is 6.81. The summed E-state index contributed by atoms with van der Waals surface area (Å²) in [6.45, 7) is 1.98. The molecule has 7 nitrogen and oxygen atoms in total. The highest BCUT2D eigenvalue weighted by atomic mass is 16.3. The predicted octanol–water partition coefficient (Wildman–Crippen LogP) is 6.93. The summed E-state index contributed by atoms with van der Waals surface area (Å²) in [6.07, 6.45) is 16.1. The zero-order valence-corrected chi connectivity index (χ0v) is 25.7. The molecule has 0 radical (unpaired) electrons. The standard InChI is InChI=1S/C39H34N6O/c1-40-19-22-45-35-30(16-15-28-27-10-3-7-14-33(27)46-36(28)35)39(37(40)45)29-11-4-6-13-32(29)43-23-20-41-17-8-18-42-21-24-44(38(39)42)31-12-5-2-9-26(31)25-34(41)43/h2-7,9-16,19-24,34,37-38H,8,17-18,25H2,1H3. The number of para-hydroxylation sites is 3. The van der Waals surface area contributed by atoms with Crippen LogP contribution >= 0.6 is 0 Å². The van der Waals surface area contributed by atoms with Crippen LogP contribution in [-0.2, 0) is 11.8 Å². The Balaban J connectivity index is 1.31. The summed E-state index contributed by atoms with van der Waals surface area (Å²) in [7, 11) is 2.25. The molecule has 6 bridgehead atoms. The van der Waals surface area contributed by atoms with Crippen LogP contribution in [0.3, 0.4) is 0 Å². The number of likely N-dealkylation sites (N-methyl/N-ethyl adjacent to an activating group) is 1. The average Bonchev–Trinajstić information content (AvgIpc) is 3.89. The van der Waals surface area contributed by atoms with Crippen LogP contribution in [0.1, 0.15) is 23.1 Å². The van der Waals surface area contributed by atoms with Crippen LogP contribution in [0.2, 0.25) is 0 Å².